The molecule has 2 aromatic rings. The third-order valence-electron chi connectivity index (χ3n) is 2.68. The Kier molecular flexibility index (Phi) is 4.04. The average Bonchev–Trinajstić information content (AvgIpc) is 2.46. The number of hydrogen-bond acceptors (Lipinski definition) is 3. The van der Waals surface area contributed by atoms with Gasteiger partial charge in [-0.3, -0.25) is 4.98 Å². The first kappa shape index (κ1) is 13.0. The first-order valence-corrected chi connectivity index (χ1v) is 5.85. The van der Waals surface area contributed by atoms with Crippen LogP contribution >= 0.6 is 0 Å². The fraction of sp³-hybridized carbons (Fsp3) is 0.0667. The van der Waals surface area contributed by atoms with Crippen molar-refractivity contribution in [2.24, 2.45) is 0 Å². The van der Waals surface area contributed by atoms with Gasteiger partial charge in [0.1, 0.15) is 5.69 Å². The van der Waals surface area contributed by atoms with Crippen molar-refractivity contribution < 1.29 is 5.06 Å². The molecule has 19 heavy (non-hydrogen) atoms. The number of quaternary nitrogens is 1. The van der Waals surface area contributed by atoms with Crippen molar-refractivity contribution in [3.8, 4) is 6.07 Å². The minimum atomic E-state index is -0.0576. The van der Waals surface area contributed by atoms with Crippen LogP contribution in [0.15, 0.2) is 42.6 Å². The molecule has 4 nitrogen and oxygen atoms in total. The Balaban J connectivity index is 2.35. The zero-order valence-corrected chi connectivity index (χ0v) is 10.5. The summed E-state index contributed by atoms with van der Waals surface area (Å²) in [6.45, 7) is 0. The van der Waals surface area contributed by atoms with Gasteiger partial charge in [0.15, 0.2) is 0 Å². The standard InChI is InChI=1S/C15H13N3O/c1-18(19)15-10-12(11-16)5-6-13(15)7-8-14-4-2-3-9-17-14/h2-10,18H,1H3/b8-7+. The van der Waals surface area contributed by atoms with E-state index in [1.165, 1.54) is 7.05 Å². The molecule has 1 aromatic heterocycles. The number of hydroxylamine groups is 1. The summed E-state index contributed by atoms with van der Waals surface area (Å²) in [6, 6.07) is 12.7. The second-order valence-electron chi connectivity index (χ2n) is 4.06. The lowest BCUT2D eigenvalue weighted by molar-refractivity contribution is -0.751. The minimum absolute atomic E-state index is 0.0576. The lowest BCUT2D eigenvalue weighted by Gasteiger charge is -2.17. The van der Waals surface area contributed by atoms with Gasteiger partial charge in [0.05, 0.1) is 24.4 Å². The third kappa shape index (κ3) is 3.26. The molecule has 0 fully saturated rings. The quantitative estimate of drug-likeness (QED) is 0.845. The summed E-state index contributed by atoms with van der Waals surface area (Å²) in [4.78, 5) is 4.18. The predicted octanol–water partition coefficient (Wildman–Crippen LogP) is 1.77. The largest absolute Gasteiger partial charge is 0.629 e. The van der Waals surface area contributed by atoms with Gasteiger partial charge in [-0.15, -0.1) is 0 Å². The van der Waals surface area contributed by atoms with Crippen LogP contribution in [0.4, 0.5) is 5.69 Å². The van der Waals surface area contributed by atoms with Crippen LogP contribution in [0.3, 0.4) is 0 Å². The van der Waals surface area contributed by atoms with E-state index >= 15 is 0 Å². The highest BCUT2D eigenvalue weighted by Crippen LogP contribution is 2.16. The van der Waals surface area contributed by atoms with Crippen molar-refractivity contribution >= 4 is 17.8 Å². The molecule has 0 aliphatic rings. The number of nitrogens with zero attached hydrogens (tertiary/aromatic N) is 2. The zero-order chi connectivity index (χ0) is 13.7. The predicted molar refractivity (Wildman–Crippen MR) is 74.2 cm³/mol. The van der Waals surface area contributed by atoms with Gasteiger partial charge in [0.25, 0.3) is 0 Å². The maximum atomic E-state index is 11.6. The van der Waals surface area contributed by atoms with Gasteiger partial charge >= 0.3 is 0 Å². The summed E-state index contributed by atoms with van der Waals surface area (Å²) in [7, 11) is 1.49. The van der Waals surface area contributed by atoms with Crippen molar-refractivity contribution in [3.63, 3.8) is 0 Å². The van der Waals surface area contributed by atoms with Gasteiger partial charge in [-0.05, 0) is 36.4 Å². The fourth-order valence-electron chi connectivity index (χ4n) is 1.73. The van der Waals surface area contributed by atoms with Crippen LogP contribution in [-0.2, 0) is 0 Å². The zero-order valence-electron chi connectivity index (χ0n) is 10.5. The summed E-state index contributed by atoms with van der Waals surface area (Å²) < 4.78 is 0. The second kappa shape index (κ2) is 5.91. The van der Waals surface area contributed by atoms with E-state index in [4.69, 9.17) is 5.26 Å². The van der Waals surface area contributed by atoms with Gasteiger partial charge in [-0.2, -0.15) is 5.26 Å². The number of aromatic nitrogens is 1. The number of hydrogen-bond donors (Lipinski definition) is 1. The Morgan fingerprint density at radius 2 is 2.11 bits per heavy atom. The lowest BCUT2D eigenvalue weighted by atomic mass is 10.1. The topological polar surface area (TPSA) is 64.2 Å². The van der Waals surface area contributed by atoms with Crippen molar-refractivity contribution in [2.45, 2.75) is 0 Å². The van der Waals surface area contributed by atoms with E-state index in [0.29, 0.717) is 11.3 Å². The molecule has 0 radical (unpaired) electrons. The molecule has 0 aliphatic carbocycles. The first-order valence-electron chi connectivity index (χ1n) is 5.85. The highest BCUT2D eigenvalue weighted by atomic mass is 16.5. The molecule has 0 bridgehead atoms. The van der Waals surface area contributed by atoms with Crippen molar-refractivity contribution in [1.82, 2.24) is 4.98 Å². The van der Waals surface area contributed by atoms with Crippen molar-refractivity contribution in [3.05, 3.63) is 64.6 Å². The molecular formula is C15H13N3O. The Morgan fingerprint density at radius 1 is 1.26 bits per heavy atom. The van der Waals surface area contributed by atoms with Crippen LogP contribution in [0.1, 0.15) is 16.8 Å². The second-order valence-corrected chi connectivity index (χ2v) is 4.06. The smallest absolute Gasteiger partial charge is 0.139 e. The molecule has 0 saturated heterocycles. The molecule has 0 saturated carbocycles. The normalized spacial score (nSPS) is 12.3. The molecule has 1 atom stereocenters. The number of pyridine rings is 1. The molecule has 2 rings (SSSR count). The SMILES string of the molecule is C[NH+]([O-])c1cc(C#N)ccc1/C=C/c1ccccn1. The Morgan fingerprint density at radius 3 is 2.74 bits per heavy atom. The summed E-state index contributed by atoms with van der Waals surface area (Å²) in [5, 5.41) is 20.4. The van der Waals surface area contributed by atoms with E-state index in [9.17, 15) is 5.21 Å². The molecule has 1 unspecified atom stereocenters. The van der Waals surface area contributed by atoms with E-state index < -0.39 is 0 Å². The molecule has 0 amide bonds. The van der Waals surface area contributed by atoms with Crippen LogP contribution in [0.2, 0.25) is 0 Å². The fourth-order valence-corrected chi connectivity index (χ4v) is 1.73. The number of rotatable bonds is 3. The van der Waals surface area contributed by atoms with E-state index in [2.05, 4.69) is 4.98 Å². The highest BCUT2D eigenvalue weighted by Gasteiger charge is 2.06. The minimum Gasteiger partial charge on any atom is -0.629 e. The maximum Gasteiger partial charge on any atom is 0.139 e. The van der Waals surface area contributed by atoms with Crippen molar-refractivity contribution in [2.75, 3.05) is 7.05 Å². The van der Waals surface area contributed by atoms with Gasteiger partial charge in [0, 0.05) is 17.8 Å². The molecule has 4 heteroatoms. The van der Waals surface area contributed by atoms with Crippen molar-refractivity contribution in [1.29, 1.82) is 5.26 Å². The Hall–Kier alpha value is -2.48. The van der Waals surface area contributed by atoms with Crippen LogP contribution in [0.25, 0.3) is 12.2 Å². The van der Waals surface area contributed by atoms with Gasteiger partial charge < -0.3 is 10.3 Å². The molecule has 1 heterocycles. The Labute approximate surface area is 111 Å². The summed E-state index contributed by atoms with van der Waals surface area (Å²) in [6.07, 6.45) is 5.39. The van der Waals surface area contributed by atoms with Crippen LogP contribution in [-0.4, -0.2) is 12.0 Å². The summed E-state index contributed by atoms with van der Waals surface area (Å²) in [5.74, 6) is 0. The van der Waals surface area contributed by atoms with E-state index in [0.717, 1.165) is 11.3 Å². The summed E-state index contributed by atoms with van der Waals surface area (Å²) in [5.41, 5.74) is 2.64. The maximum absolute atomic E-state index is 11.6. The Bertz CT molecular complexity index is 628. The number of nitrogens with one attached hydrogen (secondary N) is 1. The van der Waals surface area contributed by atoms with Gasteiger partial charge in [-0.25, -0.2) is 0 Å². The molecular weight excluding hydrogens is 238 g/mol. The monoisotopic (exact) mass is 251 g/mol. The van der Waals surface area contributed by atoms with E-state index in [1.54, 1.807) is 24.4 Å². The third-order valence-corrected chi connectivity index (χ3v) is 2.68. The molecule has 0 aliphatic heterocycles. The lowest BCUT2D eigenvalue weighted by Crippen LogP contribution is -2.98. The highest BCUT2D eigenvalue weighted by molar-refractivity contribution is 5.73. The summed E-state index contributed by atoms with van der Waals surface area (Å²) >= 11 is 0. The van der Waals surface area contributed by atoms with Crippen LogP contribution in [0.5, 0.6) is 0 Å². The number of nitriles is 1. The molecule has 1 aromatic carbocycles. The molecule has 94 valence electrons. The molecule has 1 N–H and O–H groups in total. The van der Waals surface area contributed by atoms with E-state index in [-0.39, 0.29) is 5.06 Å². The van der Waals surface area contributed by atoms with E-state index in [1.807, 2.05) is 36.4 Å². The first-order chi connectivity index (χ1) is 9.20. The van der Waals surface area contributed by atoms with Crippen LogP contribution < -0.4 is 5.06 Å². The van der Waals surface area contributed by atoms with Gasteiger partial charge in [0.2, 0.25) is 0 Å². The molecule has 0 spiro atoms. The average molecular weight is 251 g/mol. The number of benzene rings is 1. The van der Waals surface area contributed by atoms with Crippen LogP contribution in [0, 0.1) is 16.5 Å². The van der Waals surface area contributed by atoms with Gasteiger partial charge in [-0.1, -0.05) is 6.07 Å².